The fraction of sp³-hybridized carbons (Fsp3) is 1.00. The van der Waals surface area contributed by atoms with Gasteiger partial charge in [-0.3, -0.25) is 4.90 Å². The lowest BCUT2D eigenvalue weighted by atomic mass is 10.0. The Balaban J connectivity index is 2.32. The predicted molar refractivity (Wildman–Crippen MR) is 74.8 cm³/mol. The van der Waals surface area contributed by atoms with E-state index in [0.717, 1.165) is 32.7 Å². The first-order valence-corrected chi connectivity index (χ1v) is 7.24. The zero-order valence-electron chi connectivity index (χ0n) is 12.4. The number of rotatable bonds is 7. The Bertz CT molecular complexity index is 222. The van der Waals surface area contributed by atoms with Crippen LogP contribution >= 0.6 is 0 Å². The number of hydrogen-bond acceptors (Lipinski definition) is 4. The molecule has 1 aliphatic rings. The Labute approximate surface area is 112 Å². The lowest BCUT2D eigenvalue weighted by molar-refractivity contribution is -0.0388. The number of nitrogens with zero attached hydrogens (tertiary/aromatic N) is 1. The average molecular weight is 258 g/mol. The summed E-state index contributed by atoms with van der Waals surface area (Å²) in [7, 11) is 0. The molecule has 1 saturated heterocycles. The molecule has 1 fully saturated rings. The molecular formula is C14H30N2O2. The van der Waals surface area contributed by atoms with Crippen LogP contribution in [0, 0.1) is 5.92 Å². The van der Waals surface area contributed by atoms with Gasteiger partial charge in [-0.05, 0) is 26.2 Å². The molecule has 2 unspecified atom stereocenters. The molecule has 18 heavy (non-hydrogen) atoms. The first-order chi connectivity index (χ1) is 8.54. The Morgan fingerprint density at radius 3 is 2.61 bits per heavy atom. The van der Waals surface area contributed by atoms with Crippen molar-refractivity contribution >= 4 is 0 Å². The van der Waals surface area contributed by atoms with Gasteiger partial charge >= 0.3 is 0 Å². The van der Waals surface area contributed by atoms with Crippen LogP contribution in [0.15, 0.2) is 0 Å². The van der Waals surface area contributed by atoms with Crippen molar-refractivity contribution in [2.45, 2.75) is 52.3 Å². The SMILES string of the molecule is CC(C)C(CCO)NCC1CN(C(C)C)CCO1. The summed E-state index contributed by atoms with van der Waals surface area (Å²) in [6.07, 6.45) is 1.10. The summed E-state index contributed by atoms with van der Waals surface area (Å²) < 4.78 is 5.80. The first kappa shape index (κ1) is 15.9. The van der Waals surface area contributed by atoms with Gasteiger partial charge in [0.05, 0.1) is 12.7 Å². The minimum absolute atomic E-state index is 0.249. The van der Waals surface area contributed by atoms with Crippen LogP contribution in [0.4, 0.5) is 0 Å². The third-order valence-electron chi connectivity index (χ3n) is 3.75. The third kappa shape index (κ3) is 5.22. The van der Waals surface area contributed by atoms with Gasteiger partial charge in [-0.15, -0.1) is 0 Å². The molecule has 0 saturated carbocycles. The third-order valence-corrected chi connectivity index (χ3v) is 3.75. The molecule has 1 aliphatic heterocycles. The predicted octanol–water partition coefficient (Wildman–Crippen LogP) is 1.09. The topological polar surface area (TPSA) is 44.7 Å². The molecule has 0 radical (unpaired) electrons. The number of ether oxygens (including phenoxy) is 1. The maximum absolute atomic E-state index is 9.06. The van der Waals surface area contributed by atoms with Gasteiger partial charge in [0.1, 0.15) is 0 Å². The summed E-state index contributed by atoms with van der Waals surface area (Å²) in [5.74, 6) is 0.543. The molecule has 1 heterocycles. The molecule has 2 atom stereocenters. The Kier molecular flexibility index (Phi) is 7.15. The van der Waals surface area contributed by atoms with Crippen LogP contribution in [0.5, 0.6) is 0 Å². The van der Waals surface area contributed by atoms with Crippen LogP contribution in [-0.4, -0.2) is 61.0 Å². The summed E-state index contributed by atoms with van der Waals surface area (Å²) in [6.45, 7) is 12.9. The fourth-order valence-electron chi connectivity index (χ4n) is 2.43. The van der Waals surface area contributed by atoms with E-state index in [0.29, 0.717) is 18.0 Å². The van der Waals surface area contributed by atoms with Crippen LogP contribution in [0.2, 0.25) is 0 Å². The van der Waals surface area contributed by atoms with E-state index >= 15 is 0 Å². The van der Waals surface area contributed by atoms with Crippen molar-refractivity contribution in [2.24, 2.45) is 5.92 Å². The standard InChI is InChI=1S/C14H30N2O2/c1-11(2)14(5-7-17)15-9-13-10-16(12(3)4)6-8-18-13/h11-15,17H,5-10H2,1-4H3. The Hall–Kier alpha value is -0.160. The zero-order valence-corrected chi connectivity index (χ0v) is 12.4. The fourth-order valence-corrected chi connectivity index (χ4v) is 2.43. The van der Waals surface area contributed by atoms with Gasteiger partial charge in [-0.1, -0.05) is 13.8 Å². The molecule has 0 aromatic rings. The van der Waals surface area contributed by atoms with Gasteiger partial charge in [0.25, 0.3) is 0 Å². The second-order valence-corrected chi connectivity index (χ2v) is 5.85. The Morgan fingerprint density at radius 1 is 1.33 bits per heavy atom. The van der Waals surface area contributed by atoms with E-state index in [9.17, 15) is 0 Å². The minimum atomic E-state index is 0.249. The van der Waals surface area contributed by atoms with Gasteiger partial charge < -0.3 is 15.2 Å². The molecule has 108 valence electrons. The van der Waals surface area contributed by atoms with Crippen LogP contribution in [-0.2, 0) is 4.74 Å². The van der Waals surface area contributed by atoms with Gasteiger partial charge in [0.2, 0.25) is 0 Å². The molecule has 2 N–H and O–H groups in total. The highest BCUT2D eigenvalue weighted by Gasteiger charge is 2.23. The number of morpholine rings is 1. The van der Waals surface area contributed by atoms with E-state index in [1.54, 1.807) is 0 Å². The van der Waals surface area contributed by atoms with E-state index in [-0.39, 0.29) is 12.7 Å². The normalized spacial score (nSPS) is 23.8. The van der Waals surface area contributed by atoms with Crippen LogP contribution in [0.25, 0.3) is 0 Å². The molecular weight excluding hydrogens is 228 g/mol. The maximum atomic E-state index is 9.06. The van der Waals surface area contributed by atoms with Gasteiger partial charge in [-0.2, -0.15) is 0 Å². The quantitative estimate of drug-likeness (QED) is 0.717. The highest BCUT2D eigenvalue weighted by molar-refractivity contribution is 4.78. The molecule has 0 aromatic carbocycles. The summed E-state index contributed by atoms with van der Waals surface area (Å²) in [6, 6.07) is 0.975. The van der Waals surface area contributed by atoms with Crippen molar-refractivity contribution in [1.29, 1.82) is 0 Å². The second-order valence-electron chi connectivity index (χ2n) is 5.85. The second kappa shape index (κ2) is 8.10. The molecule has 4 heteroatoms. The van der Waals surface area contributed by atoms with Crippen molar-refractivity contribution in [1.82, 2.24) is 10.2 Å². The van der Waals surface area contributed by atoms with E-state index in [4.69, 9.17) is 9.84 Å². The smallest absolute Gasteiger partial charge is 0.0826 e. The first-order valence-electron chi connectivity index (χ1n) is 7.24. The molecule has 0 amide bonds. The summed E-state index contributed by atoms with van der Waals surface area (Å²) >= 11 is 0. The van der Waals surface area contributed by atoms with Crippen molar-refractivity contribution < 1.29 is 9.84 Å². The van der Waals surface area contributed by atoms with E-state index in [1.807, 2.05) is 0 Å². The Morgan fingerprint density at radius 2 is 2.06 bits per heavy atom. The van der Waals surface area contributed by atoms with Crippen LogP contribution in [0.1, 0.15) is 34.1 Å². The number of hydrogen-bond donors (Lipinski definition) is 2. The summed E-state index contributed by atoms with van der Waals surface area (Å²) in [5.41, 5.74) is 0. The molecule has 0 aliphatic carbocycles. The van der Waals surface area contributed by atoms with Crippen molar-refractivity contribution in [3.63, 3.8) is 0 Å². The zero-order chi connectivity index (χ0) is 13.5. The van der Waals surface area contributed by atoms with E-state index < -0.39 is 0 Å². The molecule has 0 aromatic heterocycles. The number of nitrogens with one attached hydrogen (secondary N) is 1. The largest absolute Gasteiger partial charge is 0.396 e. The molecule has 1 rings (SSSR count). The van der Waals surface area contributed by atoms with Crippen molar-refractivity contribution in [2.75, 3.05) is 32.8 Å². The lowest BCUT2D eigenvalue weighted by Crippen LogP contribution is -2.50. The highest BCUT2D eigenvalue weighted by Crippen LogP contribution is 2.10. The molecule has 4 nitrogen and oxygen atoms in total. The number of aliphatic hydroxyl groups is 1. The highest BCUT2D eigenvalue weighted by atomic mass is 16.5. The number of aliphatic hydroxyl groups excluding tert-OH is 1. The van der Waals surface area contributed by atoms with Crippen LogP contribution in [0.3, 0.4) is 0 Å². The minimum Gasteiger partial charge on any atom is -0.396 e. The van der Waals surface area contributed by atoms with E-state index in [2.05, 4.69) is 37.9 Å². The van der Waals surface area contributed by atoms with Gasteiger partial charge in [0.15, 0.2) is 0 Å². The lowest BCUT2D eigenvalue weighted by Gasteiger charge is -2.36. The monoisotopic (exact) mass is 258 g/mol. The average Bonchev–Trinajstić information content (AvgIpc) is 2.34. The van der Waals surface area contributed by atoms with Crippen LogP contribution < -0.4 is 5.32 Å². The molecule has 0 spiro atoms. The summed E-state index contributed by atoms with van der Waals surface area (Å²) in [5, 5.41) is 12.6. The van der Waals surface area contributed by atoms with E-state index in [1.165, 1.54) is 0 Å². The van der Waals surface area contributed by atoms with Crippen molar-refractivity contribution in [3.8, 4) is 0 Å². The van der Waals surface area contributed by atoms with Gasteiger partial charge in [-0.25, -0.2) is 0 Å². The maximum Gasteiger partial charge on any atom is 0.0826 e. The van der Waals surface area contributed by atoms with Gasteiger partial charge in [0, 0.05) is 38.3 Å². The summed E-state index contributed by atoms with van der Waals surface area (Å²) in [4.78, 5) is 2.46. The molecule has 0 bridgehead atoms. The van der Waals surface area contributed by atoms with Crippen molar-refractivity contribution in [3.05, 3.63) is 0 Å².